The largest absolute Gasteiger partial charge is 0.384 e. The van der Waals surface area contributed by atoms with Gasteiger partial charge in [-0.1, -0.05) is 12.1 Å². The number of nitrogens with two attached hydrogens (primary N) is 1. The van der Waals surface area contributed by atoms with Gasteiger partial charge >= 0.3 is 0 Å². The summed E-state index contributed by atoms with van der Waals surface area (Å²) in [5.74, 6) is 0.199. The van der Waals surface area contributed by atoms with Crippen molar-refractivity contribution >= 4 is 34.2 Å². The van der Waals surface area contributed by atoms with Gasteiger partial charge in [0, 0.05) is 60.0 Å². The van der Waals surface area contributed by atoms with Gasteiger partial charge in [0.25, 0.3) is 11.5 Å². The average Bonchev–Trinajstić information content (AvgIpc) is 3.23. The van der Waals surface area contributed by atoms with Crippen molar-refractivity contribution in [2.45, 2.75) is 6.42 Å². The van der Waals surface area contributed by atoms with Gasteiger partial charge in [0.05, 0.1) is 5.52 Å². The molecule has 2 aromatic heterocycles. The van der Waals surface area contributed by atoms with E-state index in [2.05, 4.69) is 10.3 Å². The molecule has 0 radical (unpaired) electrons. The van der Waals surface area contributed by atoms with Crippen LogP contribution in [0.2, 0.25) is 0 Å². The second-order valence-corrected chi connectivity index (χ2v) is 8.35. The molecule has 0 aliphatic carbocycles. The summed E-state index contributed by atoms with van der Waals surface area (Å²) in [6, 6.07) is 21.2. The molecule has 0 saturated carbocycles. The molecule has 1 aliphatic rings. The lowest BCUT2D eigenvalue weighted by atomic mass is 10.1. The first-order valence-electron chi connectivity index (χ1n) is 11.0. The minimum Gasteiger partial charge on any atom is -0.384 e. The maximum atomic E-state index is 12.7. The summed E-state index contributed by atoms with van der Waals surface area (Å²) in [4.78, 5) is 43.3. The standard InChI is InChI=1S/C26H23N5O3/c27-23-11-6-18-4-5-19(14-22(18)29-23)26(34)28-15-17-13-25(33)31(16-17)21-9-7-20(8-10-21)30-12-2-1-3-24(30)32/h1-12,14,17H,13,15-16H2,(H2,27,29)(H,28,34). The molecule has 2 amide bonds. The number of pyridine rings is 2. The van der Waals surface area contributed by atoms with Crippen LogP contribution in [0.15, 0.2) is 83.8 Å². The van der Waals surface area contributed by atoms with Crippen LogP contribution in [-0.2, 0) is 4.79 Å². The molecule has 1 unspecified atom stereocenters. The molecule has 1 atom stereocenters. The smallest absolute Gasteiger partial charge is 0.255 e. The number of anilines is 2. The monoisotopic (exact) mass is 453 g/mol. The average molecular weight is 454 g/mol. The SMILES string of the molecule is Nc1ccc2ccc(C(=O)NCC3CC(=O)N(c4ccc(-n5ccccc5=O)cc4)C3)cc2n1. The van der Waals surface area contributed by atoms with Crippen molar-refractivity contribution in [1.29, 1.82) is 0 Å². The minimum atomic E-state index is -0.213. The van der Waals surface area contributed by atoms with Crippen molar-refractivity contribution in [3.63, 3.8) is 0 Å². The Bertz CT molecular complexity index is 1450. The van der Waals surface area contributed by atoms with Gasteiger partial charge in [-0.05, 0) is 54.6 Å². The number of nitrogens with zero attached hydrogens (tertiary/aromatic N) is 3. The van der Waals surface area contributed by atoms with Gasteiger partial charge < -0.3 is 16.0 Å². The number of rotatable bonds is 5. The van der Waals surface area contributed by atoms with Crippen LogP contribution in [0.5, 0.6) is 0 Å². The summed E-state index contributed by atoms with van der Waals surface area (Å²) in [6.45, 7) is 0.903. The normalized spacial score (nSPS) is 15.6. The fourth-order valence-corrected chi connectivity index (χ4v) is 4.21. The number of fused-ring (bicyclic) bond motifs is 1. The predicted molar refractivity (Wildman–Crippen MR) is 131 cm³/mol. The maximum Gasteiger partial charge on any atom is 0.255 e. The topological polar surface area (TPSA) is 110 Å². The molecule has 3 N–H and O–H groups in total. The Morgan fingerprint density at radius 3 is 2.56 bits per heavy atom. The molecular weight excluding hydrogens is 430 g/mol. The Morgan fingerprint density at radius 1 is 1.00 bits per heavy atom. The van der Waals surface area contributed by atoms with Crippen LogP contribution < -0.4 is 21.5 Å². The van der Waals surface area contributed by atoms with Crippen LogP contribution in [0.4, 0.5) is 11.5 Å². The Kier molecular flexibility index (Phi) is 5.55. The van der Waals surface area contributed by atoms with E-state index in [9.17, 15) is 14.4 Å². The number of hydrogen-bond donors (Lipinski definition) is 2. The number of hydrogen-bond acceptors (Lipinski definition) is 5. The minimum absolute atomic E-state index is 0.00194. The molecule has 4 aromatic rings. The van der Waals surface area contributed by atoms with Crippen molar-refractivity contribution in [3.8, 4) is 5.69 Å². The zero-order valence-corrected chi connectivity index (χ0v) is 18.3. The lowest BCUT2D eigenvalue weighted by Gasteiger charge is -2.18. The second kappa shape index (κ2) is 8.82. The van der Waals surface area contributed by atoms with Crippen molar-refractivity contribution < 1.29 is 9.59 Å². The summed E-state index contributed by atoms with van der Waals surface area (Å²) in [7, 11) is 0. The molecule has 2 aromatic carbocycles. The molecule has 170 valence electrons. The number of benzene rings is 2. The number of carbonyl (C=O) groups is 2. The summed E-state index contributed by atoms with van der Waals surface area (Å²) in [5, 5.41) is 3.84. The zero-order chi connectivity index (χ0) is 23.7. The lowest BCUT2D eigenvalue weighted by molar-refractivity contribution is -0.117. The second-order valence-electron chi connectivity index (χ2n) is 8.35. The van der Waals surface area contributed by atoms with Crippen molar-refractivity contribution in [3.05, 3.63) is 94.9 Å². The fourth-order valence-electron chi connectivity index (χ4n) is 4.21. The van der Waals surface area contributed by atoms with Crippen LogP contribution in [0.3, 0.4) is 0 Å². The Labute approximate surface area is 195 Å². The van der Waals surface area contributed by atoms with Gasteiger partial charge in [0.15, 0.2) is 0 Å². The molecule has 8 heteroatoms. The van der Waals surface area contributed by atoms with E-state index in [1.54, 1.807) is 46.0 Å². The summed E-state index contributed by atoms with van der Waals surface area (Å²) < 4.78 is 1.55. The molecule has 0 spiro atoms. The highest BCUT2D eigenvalue weighted by Crippen LogP contribution is 2.26. The van der Waals surface area contributed by atoms with Gasteiger partial charge in [0.2, 0.25) is 5.91 Å². The highest BCUT2D eigenvalue weighted by molar-refractivity contribution is 5.98. The molecule has 1 fully saturated rings. The van der Waals surface area contributed by atoms with Gasteiger partial charge in [-0.3, -0.25) is 19.0 Å². The van der Waals surface area contributed by atoms with Gasteiger partial charge in [-0.15, -0.1) is 0 Å². The first-order valence-corrected chi connectivity index (χ1v) is 11.0. The Hall–Kier alpha value is -4.46. The summed E-state index contributed by atoms with van der Waals surface area (Å²) in [5.41, 5.74) is 8.29. The third kappa shape index (κ3) is 4.25. The van der Waals surface area contributed by atoms with E-state index in [0.717, 1.165) is 16.8 Å². The van der Waals surface area contributed by atoms with E-state index in [-0.39, 0.29) is 23.3 Å². The molecule has 8 nitrogen and oxygen atoms in total. The van der Waals surface area contributed by atoms with Gasteiger partial charge in [-0.25, -0.2) is 4.98 Å². The van der Waals surface area contributed by atoms with Crippen LogP contribution in [-0.4, -0.2) is 34.5 Å². The van der Waals surface area contributed by atoms with Crippen LogP contribution >= 0.6 is 0 Å². The van der Waals surface area contributed by atoms with E-state index >= 15 is 0 Å². The summed E-state index contributed by atoms with van der Waals surface area (Å²) in [6.07, 6.45) is 2.06. The Balaban J connectivity index is 1.23. The molecule has 5 rings (SSSR count). The number of amides is 2. The number of aromatic nitrogens is 2. The molecule has 34 heavy (non-hydrogen) atoms. The molecule has 1 aliphatic heterocycles. The molecule has 3 heterocycles. The highest BCUT2D eigenvalue weighted by Gasteiger charge is 2.30. The number of nitrogen functional groups attached to an aromatic ring is 1. The zero-order valence-electron chi connectivity index (χ0n) is 18.3. The van der Waals surface area contributed by atoms with Crippen molar-refractivity contribution in [2.75, 3.05) is 23.7 Å². The molecule has 1 saturated heterocycles. The van der Waals surface area contributed by atoms with E-state index in [4.69, 9.17) is 5.73 Å². The first kappa shape index (κ1) is 21.4. The van der Waals surface area contributed by atoms with Gasteiger partial charge in [-0.2, -0.15) is 0 Å². The van der Waals surface area contributed by atoms with Crippen LogP contribution in [0, 0.1) is 5.92 Å². The van der Waals surface area contributed by atoms with E-state index in [0.29, 0.717) is 36.4 Å². The Morgan fingerprint density at radius 2 is 1.76 bits per heavy atom. The van der Waals surface area contributed by atoms with E-state index in [1.807, 2.05) is 36.4 Å². The van der Waals surface area contributed by atoms with Crippen molar-refractivity contribution in [1.82, 2.24) is 14.9 Å². The quantitative estimate of drug-likeness (QED) is 0.483. The van der Waals surface area contributed by atoms with E-state index < -0.39 is 0 Å². The highest BCUT2D eigenvalue weighted by atomic mass is 16.2. The van der Waals surface area contributed by atoms with Crippen molar-refractivity contribution in [2.24, 2.45) is 5.92 Å². The molecule has 0 bridgehead atoms. The number of carbonyl (C=O) groups excluding carboxylic acids is 2. The van der Waals surface area contributed by atoms with Gasteiger partial charge in [0.1, 0.15) is 5.82 Å². The van der Waals surface area contributed by atoms with Crippen LogP contribution in [0.1, 0.15) is 16.8 Å². The number of nitrogens with one attached hydrogen (secondary N) is 1. The predicted octanol–water partition coefficient (Wildman–Crippen LogP) is 2.75. The maximum absolute atomic E-state index is 12.7. The summed E-state index contributed by atoms with van der Waals surface area (Å²) >= 11 is 0. The van der Waals surface area contributed by atoms with E-state index in [1.165, 1.54) is 6.07 Å². The third-order valence-electron chi connectivity index (χ3n) is 5.99. The first-order chi connectivity index (χ1) is 16.5. The van der Waals surface area contributed by atoms with Crippen LogP contribution in [0.25, 0.3) is 16.6 Å². The fraction of sp³-hybridized carbons (Fsp3) is 0.154. The third-order valence-corrected chi connectivity index (χ3v) is 5.99. The molecular formula is C26H23N5O3. The lowest BCUT2D eigenvalue weighted by Crippen LogP contribution is -2.31.